The van der Waals surface area contributed by atoms with E-state index in [1.54, 1.807) is 11.6 Å². The van der Waals surface area contributed by atoms with E-state index in [1.165, 1.54) is 24.4 Å². The number of pyridine rings is 1. The van der Waals surface area contributed by atoms with Gasteiger partial charge in [0.15, 0.2) is 0 Å². The van der Waals surface area contributed by atoms with Crippen molar-refractivity contribution in [1.29, 1.82) is 0 Å². The van der Waals surface area contributed by atoms with Gasteiger partial charge in [0.2, 0.25) is 5.43 Å². The zero-order valence-corrected chi connectivity index (χ0v) is 9.35. The molecule has 2 rings (SSSR count). The fourth-order valence-corrected chi connectivity index (χ4v) is 2.18. The number of fused-ring (bicyclic) bond motifs is 1. The third kappa shape index (κ3) is 1.82. The van der Waals surface area contributed by atoms with Crippen LogP contribution in [-0.4, -0.2) is 10.6 Å². The van der Waals surface area contributed by atoms with Crippen LogP contribution in [0.25, 0.3) is 10.9 Å². The smallest absolute Gasteiger partial charge is 0.203 e. The van der Waals surface area contributed by atoms with Crippen LogP contribution in [0.5, 0.6) is 0 Å². The van der Waals surface area contributed by atoms with Crippen molar-refractivity contribution in [1.82, 2.24) is 4.57 Å². The average molecular weight is 241 g/mol. The average Bonchev–Trinajstić information content (AvgIpc) is 2.26. The molecule has 0 fully saturated rings. The van der Waals surface area contributed by atoms with Gasteiger partial charge < -0.3 is 4.57 Å². The molecule has 0 N–H and O–H groups in total. The van der Waals surface area contributed by atoms with E-state index in [2.05, 4.69) is 0 Å². The molecule has 0 aliphatic rings. The molecular formula is C11H9F2NOS. The highest BCUT2D eigenvalue weighted by Gasteiger charge is 2.08. The van der Waals surface area contributed by atoms with Crippen LogP contribution < -0.4 is 5.43 Å². The maximum absolute atomic E-state index is 13.0. The largest absolute Gasteiger partial charge is 0.349 e. The Bertz CT molecular complexity index is 594. The number of aryl methyl sites for hydroxylation is 1. The van der Waals surface area contributed by atoms with Crippen molar-refractivity contribution >= 4 is 22.7 Å². The van der Waals surface area contributed by atoms with E-state index in [9.17, 15) is 13.6 Å². The monoisotopic (exact) mass is 241 g/mol. The van der Waals surface area contributed by atoms with Gasteiger partial charge in [-0.1, -0.05) is 11.8 Å². The fraction of sp³-hybridized carbons (Fsp3) is 0.182. The molecule has 0 atom stereocenters. The lowest BCUT2D eigenvalue weighted by molar-refractivity contribution is 0.605. The SMILES string of the molecule is Cn1cc(SCF)c(=O)c2ccc(F)cc21. The number of aromatic nitrogens is 1. The fourth-order valence-electron chi connectivity index (χ4n) is 1.59. The Morgan fingerprint density at radius 3 is 2.88 bits per heavy atom. The third-order valence-corrected chi connectivity index (χ3v) is 3.04. The van der Waals surface area contributed by atoms with Gasteiger partial charge in [-0.3, -0.25) is 4.79 Å². The molecule has 0 aliphatic heterocycles. The number of hydrogen-bond acceptors (Lipinski definition) is 2. The van der Waals surface area contributed by atoms with Gasteiger partial charge in [-0.25, -0.2) is 8.78 Å². The molecule has 5 heteroatoms. The second-order valence-corrected chi connectivity index (χ2v) is 4.30. The van der Waals surface area contributed by atoms with Gasteiger partial charge in [0.25, 0.3) is 0 Å². The molecule has 0 unspecified atom stereocenters. The summed E-state index contributed by atoms with van der Waals surface area (Å²) in [4.78, 5) is 12.2. The number of alkyl halides is 1. The molecule has 84 valence electrons. The van der Waals surface area contributed by atoms with Crippen molar-refractivity contribution in [3.8, 4) is 0 Å². The molecule has 0 saturated heterocycles. The van der Waals surface area contributed by atoms with Crippen molar-refractivity contribution in [3.05, 3.63) is 40.4 Å². The number of rotatable bonds is 2. The van der Waals surface area contributed by atoms with Crippen LogP contribution in [0.3, 0.4) is 0 Å². The normalized spacial score (nSPS) is 10.9. The van der Waals surface area contributed by atoms with E-state index in [0.717, 1.165) is 11.8 Å². The summed E-state index contributed by atoms with van der Waals surface area (Å²) in [5.74, 6) is -0.395. The second kappa shape index (κ2) is 4.25. The number of hydrogen-bond donors (Lipinski definition) is 0. The maximum Gasteiger partial charge on any atom is 0.203 e. The summed E-state index contributed by atoms with van der Waals surface area (Å²) in [6, 6.07) is 3.30. The minimum atomic E-state index is -0.651. The van der Waals surface area contributed by atoms with E-state index in [1.807, 2.05) is 0 Å². The predicted molar refractivity (Wildman–Crippen MR) is 61.0 cm³/mol. The van der Waals surface area contributed by atoms with Gasteiger partial charge in [-0.15, -0.1) is 0 Å². The molecule has 0 bridgehead atoms. The van der Waals surface area contributed by atoms with Crippen LogP contribution in [0.2, 0.25) is 0 Å². The van der Waals surface area contributed by atoms with Crippen molar-refractivity contribution in [2.75, 3.05) is 6.01 Å². The van der Waals surface area contributed by atoms with Crippen molar-refractivity contribution in [2.24, 2.45) is 7.05 Å². The highest BCUT2D eigenvalue weighted by molar-refractivity contribution is 7.99. The van der Waals surface area contributed by atoms with Gasteiger partial charge in [-0.2, -0.15) is 0 Å². The Labute approximate surface area is 94.9 Å². The predicted octanol–water partition coefficient (Wildman–Crippen LogP) is 2.70. The Hall–Kier alpha value is -1.36. The number of benzene rings is 1. The van der Waals surface area contributed by atoms with E-state index in [0.29, 0.717) is 15.8 Å². The van der Waals surface area contributed by atoms with Gasteiger partial charge in [0, 0.05) is 18.6 Å². The lowest BCUT2D eigenvalue weighted by atomic mass is 10.2. The highest BCUT2D eigenvalue weighted by Crippen LogP contribution is 2.18. The summed E-state index contributed by atoms with van der Waals surface area (Å²) in [5.41, 5.74) is 0.254. The molecule has 1 aromatic heterocycles. The lowest BCUT2D eigenvalue weighted by Crippen LogP contribution is -2.09. The van der Waals surface area contributed by atoms with Crippen LogP contribution in [0.15, 0.2) is 34.1 Å². The topological polar surface area (TPSA) is 22.0 Å². The van der Waals surface area contributed by atoms with E-state index in [4.69, 9.17) is 0 Å². The summed E-state index contributed by atoms with van der Waals surface area (Å²) < 4.78 is 26.8. The minimum Gasteiger partial charge on any atom is -0.349 e. The standard InChI is InChI=1S/C11H9F2NOS/c1-14-5-10(16-6-12)11(15)8-3-2-7(13)4-9(8)14/h2-5H,6H2,1H3. The van der Waals surface area contributed by atoms with Gasteiger partial charge in [0.05, 0.1) is 10.4 Å². The summed E-state index contributed by atoms with van der Waals surface area (Å²) >= 11 is 0.841. The molecule has 1 heterocycles. The van der Waals surface area contributed by atoms with Crippen molar-refractivity contribution < 1.29 is 8.78 Å². The summed E-state index contributed by atoms with van der Waals surface area (Å²) in [7, 11) is 1.70. The first-order valence-electron chi connectivity index (χ1n) is 4.61. The Kier molecular flexibility index (Phi) is 2.96. The van der Waals surface area contributed by atoms with E-state index >= 15 is 0 Å². The van der Waals surface area contributed by atoms with Crippen molar-refractivity contribution in [2.45, 2.75) is 4.90 Å². The van der Waals surface area contributed by atoms with Crippen LogP contribution in [-0.2, 0) is 7.05 Å². The second-order valence-electron chi connectivity index (χ2n) is 3.35. The first-order chi connectivity index (χ1) is 7.63. The summed E-state index contributed by atoms with van der Waals surface area (Å²) in [5, 5.41) is 0.405. The molecule has 0 spiro atoms. The molecule has 0 radical (unpaired) electrons. The maximum atomic E-state index is 13.0. The summed E-state index contributed by atoms with van der Waals surface area (Å²) in [6.07, 6.45) is 1.52. The molecule has 0 saturated carbocycles. The van der Waals surface area contributed by atoms with E-state index < -0.39 is 11.8 Å². The third-order valence-electron chi connectivity index (χ3n) is 2.33. The van der Waals surface area contributed by atoms with Crippen LogP contribution >= 0.6 is 11.8 Å². The Morgan fingerprint density at radius 1 is 1.44 bits per heavy atom. The van der Waals surface area contributed by atoms with Crippen LogP contribution in [0.1, 0.15) is 0 Å². The molecule has 0 amide bonds. The van der Waals surface area contributed by atoms with Crippen molar-refractivity contribution in [3.63, 3.8) is 0 Å². The number of nitrogens with zero attached hydrogens (tertiary/aromatic N) is 1. The van der Waals surface area contributed by atoms with Crippen LogP contribution in [0, 0.1) is 5.82 Å². The number of thioether (sulfide) groups is 1. The Balaban J connectivity index is 2.79. The van der Waals surface area contributed by atoms with Gasteiger partial charge in [0.1, 0.15) is 11.8 Å². The molecular weight excluding hydrogens is 232 g/mol. The molecule has 2 aromatic rings. The molecule has 16 heavy (non-hydrogen) atoms. The quantitative estimate of drug-likeness (QED) is 0.754. The Morgan fingerprint density at radius 2 is 2.19 bits per heavy atom. The van der Waals surface area contributed by atoms with Crippen LogP contribution in [0.4, 0.5) is 8.78 Å². The minimum absolute atomic E-state index is 0.254. The lowest BCUT2D eigenvalue weighted by Gasteiger charge is -2.07. The first-order valence-corrected chi connectivity index (χ1v) is 5.59. The highest BCUT2D eigenvalue weighted by atomic mass is 32.2. The van der Waals surface area contributed by atoms with Gasteiger partial charge >= 0.3 is 0 Å². The first kappa shape index (κ1) is 11.1. The molecule has 2 nitrogen and oxygen atoms in total. The molecule has 0 aliphatic carbocycles. The zero-order chi connectivity index (χ0) is 11.7. The molecule has 1 aromatic carbocycles. The number of halogens is 2. The summed E-state index contributed by atoms with van der Waals surface area (Å²) in [6.45, 7) is 0. The van der Waals surface area contributed by atoms with E-state index in [-0.39, 0.29) is 5.43 Å². The van der Waals surface area contributed by atoms with Gasteiger partial charge in [-0.05, 0) is 18.2 Å². The zero-order valence-electron chi connectivity index (χ0n) is 8.54.